The van der Waals surface area contributed by atoms with E-state index in [1.54, 1.807) is 20.8 Å². The monoisotopic (exact) mass is 342 g/mol. The Labute approximate surface area is 136 Å². The van der Waals surface area contributed by atoms with Crippen LogP contribution in [-0.4, -0.2) is 36.8 Å². The Hall–Kier alpha value is -2.09. The maximum atomic E-state index is 11.9. The highest BCUT2D eigenvalue weighted by Crippen LogP contribution is 2.16. The Morgan fingerprint density at radius 1 is 1.17 bits per heavy atom. The molecule has 7 nitrogen and oxygen atoms in total. The third kappa shape index (κ3) is 6.27. The van der Waals surface area contributed by atoms with Crippen LogP contribution in [-0.2, 0) is 14.6 Å². The molecule has 1 aromatic carbocycles. The number of anilines is 1. The number of rotatable bonds is 7. The maximum absolute atomic E-state index is 11.9. The molecule has 0 atom stereocenters. The minimum atomic E-state index is -3.27. The Balaban J connectivity index is 2.66. The van der Waals surface area contributed by atoms with Crippen LogP contribution in [0.4, 0.5) is 10.5 Å². The number of carbonyl (C=O) groups excluding carboxylic acids is 1. The fraction of sp³-hybridized carbons (Fsp3) is 0.467. The van der Waals surface area contributed by atoms with Gasteiger partial charge in [-0.2, -0.15) is 0 Å². The molecule has 0 unspecified atom stereocenters. The molecule has 1 aromatic rings. The first-order chi connectivity index (χ1) is 10.6. The van der Waals surface area contributed by atoms with Crippen LogP contribution in [0.15, 0.2) is 29.2 Å². The lowest BCUT2D eigenvalue weighted by Gasteiger charge is -2.25. The van der Waals surface area contributed by atoms with Gasteiger partial charge in [0.25, 0.3) is 0 Å². The average Bonchev–Trinajstić information content (AvgIpc) is 2.45. The second-order valence-electron chi connectivity index (χ2n) is 5.78. The molecule has 0 spiro atoms. The first-order valence-corrected chi connectivity index (χ1v) is 8.85. The van der Waals surface area contributed by atoms with E-state index in [1.807, 2.05) is 0 Å². The molecular formula is C15H22N2O5S. The first-order valence-electron chi connectivity index (χ1n) is 7.19. The van der Waals surface area contributed by atoms with Crippen LogP contribution in [0.1, 0.15) is 33.6 Å². The van der Waals surface area contributed by atoms with Crippen molar-refractivity contribution in [2.24, 2.45) is 0 Å². The molecule has 23 heavy (non-hydrogen) atoms. The third-order valence-electron chi connectivity index (χ3n) is 3.27. The molecule has 8 heteroatoms. The van der Waals surface area contributed by atoms with Gasteiger partial charge in [-0.15, -0.1) is 0 Å². The fourth-order valence-electron chi connectivity index (χ4n) is 1.86. The second kappa shape index (κ2) is 7.45. The smallest absolute Gasteiger partial charge is 0.319 e. The van der Waals surface area contributed by atoms with Crippen molar-refractivity contribution in [3.63, 3.8) is 0 Å². The zero-order valence-electron chi connectivity index (χ0n) is 13.4. The van der Waals surface area contributed by atoms with Gasteiger partial charge in [-0.05, 0) is 44.5 Å². The molecule has 3 N–H and O–H groups in total. The molecule has 2 amide bonds. The highest BCUT2D eigenvalue weighted by atomic mass is 32.2. The zero-order valence-corrected chi connectivity index (χ0v) is 14.2. The largest absolute Gasteiger partial charge is 0.481 e. The number of carboxylic acid groups (broad SMARTS) is 1. The Morgan fingerprint density at radius 3 is 2.22 bits per heavy atom. The van der Waals surface area contributed by atoms with Crippen LogP contribution in [0.5, 0.6) is 0 Å². The number of hydrogen-bond donors (Lipinski definition) is 3. The second-order valence-corrected chi connectivity index (χ2v) is 8.06. The molecule has 0 heterocycles. The molecule has 0 aliphatic carbocycles. The number of amides is 2. The number of carbonyl (C=O) groups is 2. The summed E-state index contributed by atoms with van der Waals surface area (Å²) in [6.07, 6.45) is 0.250. The highest BCUT2D eigenvalue weighted by Gasteiger charge is 2.21. The normalized spacial score (nSPS) is 11.8. The summed E-state index contributed by atoms with van der Waals surface area (Å²) in [5.41, 5.74) is -0.222. The summed E-state index contributed by atoms with van der Waals surface area (Å²) < 4.78 is 23.4. The fourth-order valence-corrected chi connectivity index (χ4v) is 2.75. The van der Waals surface area contributed by atoms with Gasteiger partial charge in [0.15, 0.2) is 9.84 Å². The predicted octanol–water partition coefficient (Wildman–Crippen LogP) is 2.25. The van der Waals surface area contributed by atoms with Crippen molar-refractivity contribution in [1.82, 2.24) is 5.32 Å². The number of benzene rings is 1. The molecule has 0 radical (unpaired) electrons. The van der Waals surface area contributed by atoms with Crippen LogP contribution in [0.3, 0.4) is 0 Å². The summed E-state index contributed by atoms with van der Waals surface area (Å²) in [6.45, 7) is 5.02. The van der Waals surface area contributed by atoms with Crippen molar-refractivity contribution in [1.29, 1.82) is 0 Å². The van der Waals surface area contributed by atoms with Crippen molar-refractivity contribution in [2.45, 2.75) is 44.0 Å². The number of sulfone groups is 1. The van der Waals surface area contributed by atoms with Gasteiger partial charge in [-0.1, -0.05) is 6.92 Å². The van der Waals surface area contributed by atoms with E-state index in [1.165, 1.54) is 24.3 Å². The van der Waals surface area contributed by atoms with Crippen molar-refractivity contribution >= 4 is 27.5 Å². The van der Waals surface area contributed by atoms with Crippen molar-refractivity contribution in [3.8, 4) is 0 Å². The van der Waals surface area contributed by atoms with Crippen molar-refractivity contribution in [3.05, 3.63) is 24.3 Å². The molecule has 0 bridgehead atoms. The molecule has 0 saturated carbocycles. The minimum Gasteiger partial charge on any atom is -0.481 e. The Kier molecular flexibility index (Phi) is 6.14. The van der Waals surface area contributed by atoms with Crippen molar-refractivity contribution < 1.29 is 23.1 Å². The van der Waals surface area contributed by atoms with E-state index in [9.17, 15) is 18.0 Å². The van der Waals surface area contributed by atoms with E-state index < -0.39 is 27.4 Å². The summed E-state index contributed by atoms with van der Waals surface area (Å²) in [7, 11) is -3.27. The number of carboxylic acids is 1. The lowest BCUT2D eigenvalue weighted by molar-refractivity contribution is -0.137. The van der Waals surface area contributed by atoms with E-state index in [0.717, 1.165) is 0 Å². The van der Waals surface area contributed by atoms with Gasteiger partial charge in [0.2, 0.25) is 0 Å². The summed E-state index contributed by atoms with van der Waals surface area (Å²) >= 11 is 0. The van der Waals surface area contributed by atoms with Gasteiger partial charge in [0, 0.05) is 17.6 Å². The topological polar surface area (TPSA) is 113 Å². The molecule has 1 rings (SSSR count). The molecular weight excluding hydrogens is 320 g/mol. The molecule has 0 aromatic heterocycles. The van der Waals surface area contributed by atoms with Gasteiger partial charge in [0.1, 0.15) is 0 Å². The SMILES string of the molecule is CCS(=O)(=O)c1ccc(NC(=O)NC(C)(C)CCC(=O)O)cc1. The molecule has 0 fully saturated rings. The van der Waals surface area contributed by atoms with Gasteiger partial charge < -0.3 is 15.7 Å². The molecule has 0 aliphatic rings. The van der Waals surface area contributed by atoms with Gasteiger partial charge in [-0.25, -0.2) is 13.2 Å². The zero-order chi connectivity index (χ0) is 17.7. The lowest BCUT2D eigenvalue weighted by Crippen LogP contribution is -2.45. The first kappa shape index (κ1) is 19.0. The van der Waals surface area contributed by atoms with Gasteiger partial charge in [-0.3, -0.25) is 4.79 Å². The van der Waals surface area contributed by atoms with Crippen LogP contribution in [0.2, 0.25) is 0 Å². The minimum absolute atomic E-state index is 0.0119. The third-order valence-corrected chi connectivity index (χ3v) is 5.02. The average molecular weight is 342 g/mol. The Morgan fingerprint density at radius 2 is 1.74 bits per heavy atom. The summed E-state index contributed by atoms with van der Waals surface area (Å²) in [5.74, 6) is -0.911. The quantitative estimate of drug-likeness (QED) is 0.703. The van der Waals surface area contributed by atoms with E-state index in [0.29, 0.717) is 12.1 Å². The van der Waals surface area contributed by atoms with E-state index >= 15 is 0 Å². The maximum Gasteiger partial charge on any atom is 0.319 e. The van der Waals surface area contributed by atoms with E-state index in [2.05, 4.69) is 10.6 Å². The number of urea groups is 1. The van der Waals surface area contributed by atoms with Crippen LogP contribution < -0.4 is 10.6 Å². The summed E-state index contributed by atoms with van der Waals surface area (Å²) in [6, 6.07) is 5.40. The van der Waals surface area contributed by atoms with E-state index in [4.69, 9.17) is 5.11 Å². The standard InChI is InChI=1S/C15H22N2O5S/c1-4-23(21,22)12-7-5-11(6-8-12)16-14(20)17-15(2,3)10-9-13(18)19/h5-8H,4,9-10H2,1-3H3,(H,18,19)(H2,16,17,20). The predicted molar refractivity (Wildman–Crippen MR) is 87.3 cm³/mol. The lowest BCUT2D eigenvalue weighted by atomic mass is 9.99. The van der Waals surface area contributed by atoms with Crippen LogP contribution in [0.25, 0.3) is 0 Å². The van der Waals surface area contributed by atoms with Gasteiger partial charge >= 0.3 is 12.0 Å². The number of aliphatic carboxylic acids is 1. The summed E-state index contributed by atoms with van der Waals surface area (Å²) in [4.78, 5) is 22.7. The van der Waals surface area contributed by atoms with Crippen molar-refractivity contribution in [2.75, 3.05) is 11.1 Å². The molecule has 0 saturated heterocycles. The number of hydrogen-bond acceptors (Lipinski definition) is 4. The van der Waals surface area contributed by atoms with Crippen LogP contribution >= 0.6 is 0 Å². The molecule has 128 valence electrons. The van der Waals surface area contributed by atoms with Crippen LogP contribution in [0, 0.1) is 0 Å². The highest BCUT2D eigenvalue weighted by molar-refractivity contribution is 7.91. The summed E-state index contributed by atoms with van der Waals surface area (Å²) in [5, 5.41) is 14.0. The molecule has 0 aliphatic heterocycles. The van der Waals surface area contributed by atoms with E-state index in [-0.39, 0.29) is 17.1 Å². The Bertz CT molecular complexity index is 666. The van der Waals surface area contributed by atoms with Gasteiger partial charge in [0.05, 0.1) is 10.6 Å². The number of nitrogens with one attached hydrogen (secondary N) is 2.